The second-order valence-corrected chi connectivity index (χ2v) is 7.56. The minimum Gasteiger partial charge on any atom is -0.351 e. The molecule has 0 radical (unpaired) electrons. The molecule has 3 heterocycles. The van der Waals surface area contributed by atoms with Crippen molar-refractivity contribution in [2.75, 3.05) is 17.3 Å². The third-order valence-corrected chi connectivity index (χ3v) is 5.58. The van der Waals surface area contributed by atoms with Crippen molar-refractivity contribution in [1.29, 1.82) is 0 Å². The number of urea groups is 1. The summed E-state index contributed by atoms with van der Waals surface area (Å²) in [5.41, 5.74) is 3.18. The van der Waals surface area contributed by atoms with E-state index in [9.17, 15) is 4.79 Å². The number of rotatable bonds is 5. The predicted octanol–water partition coefficient (Wildman–Crippen LogP) is 4.10. The number of aromatic amines is 1. The second-order valence-electron chi connectivity index (χ2n) is 6.75. The highest BCUT2D eigenvalue weighted by Crippen LogP contribution is 2.37. The molecule has 2 amide bonds. The van der Waals surface area contributed by atoms with Crippen molar-refractivity contribution < 1.29 is 4.79 Å². The molecule has 8 nitrogen and oxygen atoms in total. The number of hydrogen-bond acceptors (Lipinski definition) is 4. The van der Waals surface area contributed by atoms with Gasteiger partial charge < -0.3 is 9.88 Å². The number of imidazole rings is 1. The number of halogens is 2. The van der Waals surface area contributed by atoms with Gasteiger partial charge in [-0.1, -0.05) is 35.8 Å². The van der Waals surface area contributed by atoms with E-state index in [1.54, 1.807) is 30.3 Å². The molecule has 4 rings (SSSR count). The van der Waals surface area contributed by atoms with Gasteiger partial charge in [0, 0.05) is 32.4 Å². The first-order valence-electron chi connectivity index (χ1n) is 8.83. The Balaban J connectivity index is 1.62. The number of benzene rings is 1. The van der Waals surface area contributed by atoms with E-state index in [-0.39, 0.29) is 6.03 Å². The summed E-state index contributed by atoms with van der Waals surface area (Å²) in [6.45, 7) is 5.03. The summed E-state index contributed by atoms with van der Waals surface area (Å²) in [5, 5.41) is 10.9. The van der Waals surface area contributed by atoms with Crippen molar-refractivity contribution in [3.8, 4) is 0 Å². The SMILES string of the molecule is C=C1c2c(nc(NCc3cn[nH]c3)n2C)N(C)C(=O)N1Cc1ccc(Cl)c(Cl)c1. The molecular weight excluding hydrogens is 413 g/mol. The Morgan fingerprint density at radius 1 is 1.21 bits per heavy atom. The van der Waals surface area contributed by atoms with Gasteiger partial charge in [-0.15, -0.1) is 0 Å². The summed E-state index contributed by atoms with van der Waals surface area (Å²) in [6.07, 6.45) is 3.55. The molecule has 3 aromatic rings. The fourth-order valence-corrected chi connectivity index (χ4v) is 3.57. The molecule has 0 atom stereocenters. The van der Waals surface area contributed by atoms with Crippen LogP contribution in [0.25, 0.3) is 5.70 Å². The number of carbonyl (C=O) groups excluding carboxylic acids is 1. The average molecular weight is 432 g/mol. The normalized spacial score (nSPS) is 13.8. The van der Waals surface area contributed by atoms with Crippen LogP contribution in [0.1, 0.15) is 16.8 Å². The predicted molar refractivity (Wildman–Crippen MR) is 114 cm³/mol. The first kappa shape index (κ1) is 19.4. The summed E-state index contributed by atoms with van der Waals surface area (Å²) in [6, 6.07) is 5.09. The molecule has 2 N–H and O–H groups in total. The van der Waals surface area contributed by atoms with Gasteiger partial charge in [0.25, 0.3) is 0 Å². The van der Waals surface area contributed by atoms with Crippen molar-refractivity contribution in [2.24, 2.45) is 7.05 Å². The molecule has 1 aliphatic rings. The van der Waals surface area contributed by atoms with Crippen molar-refractivity contribution in [2.45, 2.75) is 13.1 Å². The molecular formula is C19H19Cl2N7O. The molecule has 0 bridgehead atoms. The molecule has 0 unspecified atom stereocenters. The van der Waals surface area contributed by atoms with Gasteiger partial charge in [-0.3, -0.25) is 14.9 Å². The largest absolute Gasteiger partial charge is 0.351 e. The lowest BCUT2D eigenvalue weighted by molar-refractivity contribution is 0.222. The van der Waals surface area contributed by atoms with Crippen LogP contribution in [0.15, 0.2) is 37.2 Å². The maximum Gasteiger partial charge on any atom is 0.330 e. The third kappa shape index (κ3) is 3.45. The van der Waals surface area contributed by atoms with Crippen molar-refractivity contribution in [1.82, 2.24) is 24.6 Å². The minimum absolute atomic E-state index is 0.215. The average Bonchev–Trinajstić information content (AvgIpc) is 3.32. The van der Waals surface area contributed by atoms with Crippen LogP contribution in [0.2, 0.25) is 10.0 Å². The molecule has 0 aliphatic carbocycles. The van der Waals surface area contributed by atoms with E-state index in [1.165, 1.54) is 4.90 Å². The molecule has 0 saturated carbocycles. The Morgan fingerprint density at radius 3 is 2.69 bits per heavy atom. The van der Waals surface area contributed by atoms with Crippen LogP contribution >= 0.6 is 23.2 Å². The Bertz CT molecular complexity index is 1090. The van der Waals surface area contributed by atoms with Crippen LogP contribution in [0.4, 0.5) is 16.6 Å². The lowest BCUT2D eigenvalue weighted by Gasteiger charge is -2.34. The zero-order valence-corrected chi connectivity index (χ0v) is 17.4. The van der Waals surface area contributed by atoms with E-state index < -0.39 is 0 Å². The summed E-state index contributed by atoms with van der Waals surface area (Å²) < 4.78 is 1.89. The van der Waals surface area contributed by atoms with E-state index >= 15 is 0 Å². The summed E-state index contributed by atoms with van der Waals surface area (Å²) in [7, 11) is 3.58. The van der Waals surface area contributed by atoms with E-state index in [2.05, 4.69) is 27.1 Å². The fourth-order valence-electron chi connectivity index (χ4n) is 3.25. The van der Waals surface area contributed by atoms with E-state index in [0.717, 1.165) is 16.8 Å². The number of amides is 2. The maximum absolute atomic E-state index is 13.0. The van der Waals surface area contributed by atoms with Crippen molar-refractivity contribution in [3.05, 3.63) is 64.0 Å². The summed E-state index contributed by atoms with van der Waals surface area (Å²) >= 11 is 12.1. The van der Waals surface area contributed by atoms with Crippen LogP contribution in [-0.2, 0) is 20.1 Å². The Morgan fingerprint density at radius 2 is 2.00 bits per heavy atom. The number of fused-ring (bicyclic) bond motifs is 1. The molecule has 2 aromatic heterocycles. The molecule has 29 heavy (non-hydrogen) atoms. The van der Waals surface area contributed by atoms with Gasteiger partial charge in [-0.2, -0.15) is 10.1 Å². The highest BCUT2D eigenvalue weighted by Gasteiger charge is 2.35. The zero-order chi connectivity index (χ0) is 20.7. The second kappa shape index (κ2) is 7.46. The molecule has 10 heteroatoms. The van der Waals surface area contributed by atoms with Gasteiger partial charge in [0.2, 0.25) is 5.95 Å². The van der Waals surface area contributed by atoms with E-state index in [1.807, 2.05) is 23.9 Å². The fraction of sp³-hybridized carbons (Fsp3) is 0.211. The highest BCUT2D eigenvalue weighted by molar-refractivity contribution is 6.42. The van der Waals surface area contributed by atoms with Gasteiger partial charge >= 0.3 is 6.03 Å². The Hall–Kier alpha value is -2.97. The first-order valence-corrected chi connectivity index (χ1v) is 9.59. The molecule has 0 fully saturated rings. The van der Waals surface area contributed by atoms with Gasteiger partial charge in [0.15, 0.2) is 5.82 Å². The number of carbonyl (C=O) groups is 1. The number of nitrogens with one attached hydrogen (secondary N) is 2. The summed E-state index contributed by atoms with van der Waals surface area (Å²) in [4.78, 5) is 20.7. The smallest absolute Gasteiger partial charge is 0.330 e. The van der Waals surface area contributed by atoms with E-state index in [0.29, 0.717) is 40.6 Å². The zero-order valence-electron chi connectivity index (χ0n) is 15.9. The van der Waals surface area contributed by atoms with Gasteiger partial charge in [-0.05, 0) is 17.7 Å². The lowest BCUT2D eigenvalue weighted by Crippen LogP contribution is -2.44. The maximum atomic E-state index is 13.0. The number of aromatic nitrogens is 4. The topological polar surface area (TPSA) is 82.1 Å². The molecule has 1 aromatic carbocycles. The van der Waals surface area contributed by atoms with E-state index in [4.69, 9.17) is 23.2 Å². The van der Waals surface area contributed by atoms with Crippen molar-refractivity contribution in [3.63, 3.8) is 0 Å². The molecule has 0 spiro atoms. The van der Waals surface area contributed by atoms with Gasteiger partial charge in [0.1, 0.15) is 5.69 Å². The minimum atomic E-state index is -0.215. The van der Waals surface area contributed by atoms with Gasteiger partial charge in [-0.25, -0.2) is 4.79 Å². The highest BCUT2D eigenvalue weighted by atomic mass is 35.5. The number of hydrogen-bond donors (Lipinski definition) is 2. The standard InChI is InChI=1S/C19H19Cl2N7O/c1-11-16-17(25-18(26(16)2)22-7-13-8-23-24-9-13)27(3)19(29)28(11)10-12-4-5-14(20)15(21)6-12/h4-6,8-9H,1,7,10H2,2-3H3,(H,22,25)(H,23,24). The van der Waals surface area contributed by atoms with Crippen LogP contribution < -0.4 is 10.2 Å². The molecule has 150 valence electrons. The van der Waals surface area contributed by atoms with Crippen molar-refractivity contribution >= 4 is 46.7 Å². The monoisotopic (exact) mass is 431 g/mol. The van der Waals surface area contributed by atoms with Crippen LogP contribution in [0.3, 0.4) is 0 Å². The number of anilines is 2. The summed E-state index contributed by atoms with van der Waals surface area (Å²) in [5.74, 6) is 1.19. The first-order chi connectivity index (χ1) is 13.9. The quantitative estimate of drug-likeness (QED) is 0.636. The lowest BCUT2D eigenvalue weighted by atomic mass is 10.1. The van der Waals surface area contributed by atoms with Crippen LogP contribution in [-0.4, -0.2) is 37.7 Å². The number of H-pyrrole nitrogens is 1. The third-order valence-electron chi connectivity index (χ3n) is 4.84. The molecule has 0 saturated heterocycles. The van der Waals surface area contributed by atoms with Crippen LogP contribution in [0, 0.1) is 0 Å². The Kier molecular flexibility index (Phi) is 4.97. The molecule has 1 aliphatic heterocycles. The Labute approximate surface area is 177 Å². The van der Waals surface area contributed by atoms with Crippen LogP contribution in [0.5, 0.6) is 0 Å². The van der Waals surface area contributed by atoms with Gasteiger partial charge in [0.05, 0.1) is 28.5 Å². The number of nitrogens with zero attached hydrogens (tertiary/aromatic N) is 5.